The standard InChI is InChI=1S/C16H19N3O/c1-12-10-17-11-16(18-12)19-14-7-8-20-15(9-14)13-5-3-2-4-6-13/h2-6,10-11,14-15H,7-9H2,1H3,(H,18,19). The monoisotopic (exact) mass is 269 g/mol. The maximum atomic E-state index is 5.88. The summed E-state index contributed by atoms with van der Waals surface area (Å²) in [6.45, 7) is 2.73. The zero-order valence-electron chi connectivity index (χ0n) is 11.6. The Balaban J connectivity index is 1.66. The molecule has 0 radical (unpaired) electrons. The largest absolute Gasteiger partial charge is 0.373 e. The first-order chi connectivity index (χ1) is 9.81. The van der Waals surface area contributed by atoms with Crippen LogP contribution < -0.4 is 5.32 Å². The summed E-state index contributed by atoms with van der Waals surface area (Å²) in [5.41, 5.74) is 2.18. The first kappa shape index (κ1) is 13.1. The van der Waals surface area contributed by atoms with Gasteiger partial charge in [0.05, 0.1) is 18.0 Å². The SMILES string of the molecule is Cc1cncc(NC2CCOC(c3ccccc3)C2)n1. The van der Waals surface area contributed by atoms with Crippen LogP contribution in [0.1, 0.15) is 30.2 Å². The lowest BCUT2D eigenvalue weighted by Crippen LogP contribution is -2.30. The highest BCUT2D eigenvalue weighted by Crippen LogP contribution is 2.29. The summed E-state index contributed by atoms with van der Waals surface area (Å²) in [5, 5.41) is 3.47. The van der Waals surface area contributed by atoms with Crippen LogP contribution in [-0.4, -0.2) is 22.6 Å². The van der Waals surface area contributed by atoms with E-state index in [4.69, 9.17) is 4.74 Å². The first-order valence-electron chi connectivity index (χ1n) is 7.03. The van der Waals surface area contributed by atoms with Crippen molar-refractivity contribution in [2.24, 2.45) is 0 Å². The second-order valence-corrected chi connectivity index (χ2v) is 5.18. The molecule has 1 saturated heterocycles. The van der Waals surface area contributed by atoms with Gasteiger partial charge in [-0.05, 0) is 25.3 Å². The number of aromatic nitrogens is 2. The molecule has 1 fully saturated rings. The Morgan fingerprint density at radius 2 is 2.05 bits per heavy atom. The molecule has 20 heavy (non-hydrogen) atoms. The van der Waals surface area contributed by atoms with Crippen LogP contribution in [0, 0.1) is 6.92 Å². The highest BCUT2D eigenvalue weighted by molar-refractivity contribution is 5.33. The molecule has 4 nitrogen and oxygen atoms in total. The van der Waals surface area contributed by atoms with Crippen LogP contribution in [0.5, 0.6) is 0 Å². The second kappa shape index (κ2) is 6.01. The highest BCUT2D eigenvalue weighted by atomic mass is 16.5. The molecule has 2 atom stereocenters. The molecule has 4 heteroatoms. The van der Waals surface area contributed by atoms with E-state index in [2.05, 4.69) is 39.6 Å². The Labute approximate surface area is 119 Å². The third-order valence-corrected chi connectivity index (χ3v) is 3.56. The predicted molar refractivity (Wildman–Crippen MR) is 78.5 cm³/mol. The number of nitrogens with zero attached hydrogens (tertiary/aromatic N) is 2. The fourth-order valence-electron chi connectivity index (χ4n) is 2.57. The summed E-state index contributed by atoms with van der Waals surface area (Å²) in [6, 6.07) is 10.8. The van der Waals surface area contributed by atoms with E-state index in [9.17, 15) is 0 Å². The van der Waals surface area contributed by atoms with Crippen LogP contribution in [0.4, 0.5) is 5.82 Å². The van der Waals surface area contributed by atoms with Gasteiger partial charge < -0.3 is 10.1 Å². The molecule has 2 unspecified atom stereocenters. The number of nitrogens with one attached hydrogen (secondary N) is 1. The van der Waals surface area contributed by atoms with Crippen LogP contribution in [0.25, 0.3) is 0 Å². The van der Waals surface area contributed by atoms with Gasteiger partial charge in [-0.3, -0.25) is 4.98 Å². The highest BCUT2D eigenvalue weighted by Gasteiger charge is 2.23. The minimum atomic E-state index is 0.167. The van der Waals surface area contributed by atoms with E-state index in [1.165, 1.54) is 5.56 Å². The second-order valence-electron chi connectivity index (χ2n) is 5.18. The summed E-state index contributed by atoms with van der Waals surface area (Å²) in [7, 11) is 0. The van der Waals surface area contributed by atoms with Crippen LogP contribution in [0.2, 0.25) is 0 Å². The number of benzene rings is 1. The first-order valence-corrected chi connectivity index (χ1v) is 7.03. The smallest absolute Gasteiger partial charge is 0.145 e. The molecule has 0 amide bonds. The normalized spacial score (nSPS) is 22.4. The Kier molecular flexibility index (Phi) is 3.92. The van der Waals surface area contributed by atoms with Gasteiger partial charge in [0, 0.05) is 18.8 Å². The third-order valence-electron chi connectivity index (χ3n) is 3.56. The van der Waals surface area contributed by atoms with Crippen LogP contribution in [0.15, 0.2) is 42.7 Å². The predicted octanol–water partition coefficient (Wildman–Crippen LogP) is 3.12. The van der Waals surface area contributed by atoms with Crippen molar-refractivity contribution in [2.75, 3.05) is 11.9 Å². The lowest BCUT2D eigenvalue weighted by atomic mass is 9.97. The molecular weight excluding hydrogens is 250 g/mol. The van der Waals surface area contributed by atoms with Crippen LogP contribution in [-0.2, 0) is 4.74 Å². The molecule has 1 aliphatic heterocycles. The van der Waals surface area contributed by atoms with E-state index in [1.54, 1.807) is 12.4 Å². The van der Waals surface area contributed by atoms with E-state index in [1.807, 2.05) is 13.0 Å². The maximum Gasteiger partial charge on any atom is 0.145 e. The number of aryl methyl sites for hydroxylation is 1. The van der Waals surface area contributed by atoms with Crippen molar-refractivity contribution in [3.8, 4) is 0 Å². The molecule has 1 aromatic carbocycles. The summed E-state index contributed by atoms with van der Waals surface area (Å²) in [6.07, 6.45) is 5.67. The number of rotatable bonds is 3. The van der Waals surface area contributed by atoms with Gasteiger partial charge in [-0.1, -0.05) is 30.3 Å². The molecule has 1 aromatic heterocycles. The van der Waals surface area contributed by atoms with E-state index < -0.39 is 0 Å². The number of hydrogen-bond donors (Lipinski definition) is 1. The van der Waals surface area contributed by atoms with Crippen LogP contribution >= 0.6 is 0 Å². The van der Waals surface area contributed by atoms with Crippen molar-refractivity contribution in [2.45, 2.75) is 31.9 Å². The van der Waals surface area contributed by atoms with Gasteiger partial charge in [-0.2, -0.15) is 0 Å². The van der Waals surface area contributed by atoms with Crippen molar-refractivity contribution in [3.05, 3.63) is 54.0 Å². The quantitative estimate of drug-likeness (QED) is 0.930. The van der Waals surface area contributed by atoms with Gasteiger partial charge in [0.2, 0.25) is 0 Å². The Bertz CT molecular complexity index is 559. The number of hydrogen-bond acceptors (Lipinski definition) is 4. The van der Waals surface area contributed by atoms with Crippen molar-refractivity contribution >= 4 is 5.82 Å². The van der Waals surface area contributed by atoms with E-state index in [0.29, 0.717) is 6.04 Å². The topological polar surface area (TPSA) is 47.0 Å². The van der Waals surface area contributed by atoms with Crippen molar-refractivity contribution in [1.82, 2.24) is 9.97 Å². The van der Waals surface area contributed by atoms with Gasteiger partial charge in [-0.25, -0.2) is 4.98 Å². The van der Waals surface area contributed by atoms with Gasteiger partial charge in [0.15, 0.2) is 0 Å². The van der Waals surface area contributed by atoms with Crippen molar-refractivity contribution in [3.63, 3.8) is 0 Å². The minimum Gasteiger partial charge on any atom is -0.373 e. The molecule has 3 rings (SSSR count). The summed E-state index contributed by atoms with van der Waals surface area (Å²) >= 11 is 0. The zero-order valence-corrected chi connectivity index (χ0v) is 11.6. The molecule has 0 bridgehead atoms. The van der Waals surface area contributed by atoms with Crippen molar-refractivity contribution in [1.29, 1.82) is 0 Å². The number of ether oxygens (including phenoxy) is 1. The molecule has 0 aliphatic carbocycles. The average Bonchev–Trinajstić information content (AvgIpc) is 2.48. The molecule has 104 valence electrons. The Morgan fingerprint density at radius 3 is 2.85 bits per heavy atom. The zero-order chi connectivity index (χ0) is 13.8. The molecule has 0 saturated carbocycles. The molecule has 1 N–H and O–H groups in total. The fourth-order valence-corrected chi connectivity index (χ4v) is 2.57. The molecule has 1 aliphatic rings. The molecule has 2 heterocycles. The molecule has 2 aromatic rings. The van der Waals surface area contributed by atoms with Gasteiger partial charge in [0.25, 0.3) is 0 Å². The van der Waals surface area contributed by atoms with Gasteiger partial charge in [-0.15, -0.1) is 0 Å². The third kappa shape index (κ3) is 3.14. The minimum absolute atomic E-state index is 0.167. The summed E-state index contributed by atoms with van der Waals surface area (Å²) in [5.74, 6) is 0.851. The summed E-state index contributed by atoms with van der Waals surface area (Å²) < 4.78 is 5.88. The Hall–Kier alpha value is -1.94. The molecule has 0 spiro atoms. The average molecular weight is 269 g/mol. The maximum absolute atomic E-state index is 5.88. The lowest BCUT2D eigenvalue weighted by Gasteiger charge is -2.30. The van der Waals surface area contributed by atoms with E-state index in [-0.39, 0.29) is 6.10 Å². The number of anilines is 1. The van der Waals surface area contributed by atoms with Crippen molar-refractivity contribution < 1.29 is 4.74 Å². The van der Waals surface area contributed by atoms with Gasteiger partial charge in [0.1, 0.15) is 5.82 Å². The summed E-state index contributed by atoms with van der Waals surface area (Å²) in [4.78, 5) is 8.62. The van der Waals surface area contributed by atoms with Crippen LogP contribution in [0.3, 0.4) is 0 Å². The fraction of sp³-hybridized carbons (Fsp3) is 0.375. The van der Waals surface area contributed by atoms with E-state index in [0.717, 1.165) is 31.0 Å². The van der Waals surface area contributed by atoms with Gasteiger partial charge >= 0.3 is 0 Å². The van der Waals surface area contributed by atoms with E-state index >= 15 is 0 Å². The lowest BCUT2D eigenvalue weighted by molar-refractivity contribution is 0.00974. The Morgan fingerprint density at radius 1 is 1.20 bits per heavy atom. The molecular formula is C16H19N3O.